The maximum absolute atomic E-state index is 5.38. The molecular formula is C16H27N3O. The Morgan fingerprint density at radius 3 is 2.75 bits per heavy atom. The van der Waals surface area contributed by atoms with Crippen LogP contribution in [0.2, 0.25) is 0 Å². The summed E-state index contributed by atoms with van der Waals surface area (Å²) in [6, 6.07) is 9.19. The van der Waals surface area contributed by atoms with E-state index in [2.05, 4.69) is 60.4 Å². The molecule has 0 aromatic heterocycles. The monoisotopic (exact) mass is 277 g/mol. The number of hydrogen-bond acceptors (Lipinski definition) is 4. The highest BCUT2D eigenvalue weighted by Gasteiger charge is 2.13. The van der Waals surface area contributed by atoms with Crippen molar-refractivity contribution in [3.8, 4) is 0 Å². The molecule has 1 aliphatic rings. The number of ether oxygens (including phenoxy) is 1. The Balaban J connectivity index is 1.77. The van der Waals surface area contributed by atoms with E-state index >= 15 is 0 Å². The maximum Gasteiger partial charge on any atom is 0.0594 e. The van der Waals surface area contributed by atoms with Gasteiger partial charge in [-0.1, -0.05) is 12.1 Å². The first-order valence-corrected chi connectivity index (χ1v) is 7.45. The SMILES string of the molecule is CC(CN1CCOCC1)NCc1cccc(N(C)C)c1. The van der Waals surface area contributed by atoms with Gasteiger partial charge in [-0.2, -0.15) is 0 Å². The van der Waals surface area contributed by atoms with Crippen molar-refractivity contribution in [2.24, 2.45) is 0 Å². The van der Waals surface area contributed by atoms with E-state index in [-0.39, 0.29) is 0 Å². The molecule has 1 heterocycles. The number of nitrogens with zero attached hydrogens (tertiary/aromatic N) is 2. The molecule has 1 unspecified atom stereocenters. The van der Waals surface area contributed by atoms with Crippen LogP contribution in [0.3, 0.4) is 0 Å². The minimum atomic E-state index is 0.496. The summed E-state index contributed by atoms with van der Waals surface area (Å²) in [6.45, 7) is 8.13. The van der Waals surface area contributed by atoms with Gasteiger partial charge in [0.25, 0.3) is 0 Å². The van der Waals surface area contributed by atoms with Crippen LogP contribution in [0, 0.1) is 0 Å². The third kappa shape index (κ3) is 4.78. The van der Waals surface area contributed by atoms with E-state index < -0.39 is 0 Å². The Kier molecular flexibility index (Phi) is 5.83. The smallest absolute Gasteiger partial charge is 0.0594 e. The molecule has 0 spiro atoms. The fourth-order valence-corrected chi connectivity index (χ4v) is 2.47. The Bertz CT molecular complexity index is 402. The van der Waals surface area contributed by atoms with E-state index in [9.17, 15) is 0 Å². The fraction of sp³-hybridized carbons (Fsp3) is 0.625. The minimum absolute atomic E-state index is 0.496. The second-order valence-corrected chi connectivity index (χ2v) is 5.76. The summed E-state index contributed by atoms with van der Waals surface area (Å²) in [4.78, 5) is 4.61. The van der Waals surface area contributed by atoms with Crippen molar-refractivity contribution in [3.63, 3.8) is 0 Å². The minimum Gasteiger partial charge on any atom is -0.379 e. The zero-order chi connectivity index (χ0) is 14.4. The summed E-state index contributed by atoms with van der Waals surface area (Å²) in [5, 5.41) is 3.61. The molecule has 1 aromatic carbocycles. The van der Waals surface area contributed by atoms with Crippen LogP contribution < -0.4 is 10.2 Å². The summed E-state index contributed by atoms with van der Waals surface area (Å²) in [5.41, 5.74) is 2.59. The molecule has 0 bridgehead atoms. The normalized spacial score (nSPS) is 17.9. The highest BCUT2D eigenvalue weighted by molar-refractivity contribution is 5.47. The molecular weight excluding hydrogens is 250 g/mol. The largest absolute Gasteiger partial charge is 0.379 e. The van der Waals surface area contributed by atoms with Crippen molar-refractivity contribution in [1.29, 1.82) is 0 Å². The van der Waals surface area contributed by atoms with E-state index in [1.807, 2.05) is 0 Å². The number of anilines is 1. The fourth-order valence-electron chi connectivity index (χ4n) is 2.47. The molecule has 1 N–H and O–H groups in total. The number of morpholine rings is 1. The van der Waals surface area contributed by atoms with E-state index in [0.29, 0.717) is 6.04 Å². The van der Waals surface area contributed by atoms with E-state index in [4.69, 9.17) is 4.74 Å². The van der Waals surface area contributed by atoms with Crippen LogP contribution in [-0.2, 0) is 11.3 Å². The molecule has 1 fully saturated rings. The maximum atomic E-state index is 5.38. The average Bonchev–Trinajstić information content (AvgIpc) is 2.46. The van der Waals surface area contributed by atoms with Crippen molar-refractivity contribution < 1.29 is 4.74 Å². The van der Waals surface area contributed by atoms with Crippen LogP contribution in [0.5, 0.6) is 0 Å². The predicted octanol–water partition coefficient (Wildman–Crippen LogP) is 1.56. The van der Waals surface area contributed by atoms with Crippen molar-refractivity contribution in [3.05, 3.63) is 29.8 Å². The summed E-state index contributed by atoms with van der Waals surface area (Å²) in [7, 11) is 4.15. The van der Waals surface area contributed by atoms with Gasteiger partial charge in [0.05, 0.1) is 13.2 Å². The van der Waals surface area contributed by atoms with Gasteiger partial charge in [-0.15, -0.1) is 0 Å². The molecule has 1 aromatic rings. The van der Waals surface area contributed by atoms with Gasteiger partial charge in [0.15, 0.2) is 0 Å². The molecule has 0 amide bonds. The number of benzene rings is 1. The van der Waals surface area contributed by atoms with Crippen LogP contribution in [0.25, 0.3) is 0 Å². The summed E-state index contributed by atoms with van der Waals surface area (Å²) in [5.74, 6) is 0. The zero-order valence-electron chi connectivity index (χ0n) is 12.9. The van der Waals surface area contributed by atoms with Crippen LogP contribution in [0.4, 0.5) is 5.69 Å². The average molecular weight is 277 g/mol. The second-order valence-electron chi connectivity index (χ2n) is 5.76. The van der Waals surface area contributed by atoms with Gasteiger partial charge >= 0.3 is 0 Å². The molecule has 4 nitrogen and oxygen atoms in total. The summed E-state index contributed by atoms with van der Waals surface area (Å²) in [6.07, 6.45) is 0. The molecule has 112 valence electrons. The van der Waals surface area contributed by atoms with Gasteiger partial charge in [-0.25, -0.2) is 0 Å². The van der Waals surface area contributed by atoms with Crippen molar-refractivity contribution in [2.45, 2.75) is 19.5 Å². The highest BCUT2D eigenvalue weighted by Crippen LogP contribution is 2.13. The predicted molar refractivity (Wildman–Crippen MR) is 84.3 cm³/mol. The zero-order valence-corrected chi connectivity index (χ0v) is 12.9. The molecule has 0 saturated carbocycles. The molecule has 20 heavy (non-hydrogen) atoms. The molecule has 0 aliphatic carbocycles. The van der Waals surface area contributed by atoms with Crippen LogP contribution in [0.15, 0.2) is 24.3 Å². The first kappa shape index (κ1) is 15.3. The van der Waals surface area contributed by atoms with Gasteiger partial charge in [0, 0.05) is 52.0 Å². The Labute approximate surface area is 122 Å². The van der Waals surface area contributed by atoms with Gasteiger partial charge in [-0.05, 0) is 24.6 Å². The quantitative estimate of drug-likeness (QED) is 0.854. The molecule has 1 aliphatic heterocycles. The lowest BCUT2D eigenvalue weighted by Crippen LogP contribution is -2.44. The van der Waals surface area contributed by atoms with Crippen molar-refractivity contribution >= 4 is 5.69 Å². The lowest BCUT2D eigenvalue weighted by Gasteiger charge is -2.29. The third-order valence-electron chi connectivity index (χ3n) is 3.72. The Hall–Kier alpha value is -1.10. The van der Waals surface area contributed by atoms with E-state index in [1.165, 1.54) is 11.3 Å². The third-order valence-corrected chi connectivity index (χ3v) is 3.72. The number of rotatable bonds is 6. The lowest BCUT2D eigenvalue weighted by molar-refractivity contribution is 0.0343. The van der Waals surface area contributed by atoms with E-state index in [0.717, 1.165) is 39.4 Å². The molecule has 4 heteroatoms. The van der Waals surface area contributed by atoms with Gasteiger partial charge in [0.2, 0.25) is 0 Å². The number of hydrogen-bond donors (Lipinski definition) is 1. The van der Waals surface area contributed by atoms with E-state index in [1.54, 1.807) is 0 Å². The first-order valence-electron chi connectivity index (χ1n) is 7.45. The number of nitrogens with one attached hydrogen (secondary N) is 1. The van der Waals surface area contributed by atoms with Gasteiger partial charge in [-0.3, -0.25) is 4.90 Å². The van der Waals surface area contributed by atoms with Gasteiger partial charge < -0.3 is 15.0 Å². The van der Waals surface area contributed by atoms with Crippen LogP contribution >= 0.6 is 0 Å². The summed E-state index contributed by atoms with van der Waals surface area (Å²) >= 11 is 0. The first-order chi connectivity index (χ1) is 9.65. The second kappa shape index (κ2) is 7.62. The lowest BCUT2D eigenvalue weighted by atomic mass is 10.2. The van der Waals surface area contributed by atoms with Gasteiger partial charge in [0.1, 0.15) is 0 Å². The van der Waals surface area contributed by atoms with Crippen molar-refractivity contribution in [2.75, 3.05) is 51.8 Å². The highest BCUT2D eigenvalue weighted by atomic mass is 16.5. The summed E-state index contributed by atoms with van der Waals surface area (Å²) < 4.78 is 5.38. The molecule has 2 rings (SSSR count). The molecule has 1 atom stereocenters. The van der Waals surface area contributed by atoms with Crippen LogP contribution in [-0.4, -0.2) is 57.9 Å². The standard InChI is InChI=1S/C16H27N3O/c1-14(13-19-7-9-20-10-8-19)17-12-15-5-4-6-16(11-15)18(2)3/h4-6,11,14,17H,7-10,12-13H2,1-3H3. The molecule has 1 saturated heterocycles. The van der Waals surface area contributed by atoms with Crippen molar-refractivity contribution in [1.82, 2.24) is 10.2 Å². The molecule has 0 radical (unpaired) electrons. The Morgan fingerprint density at radius 2 is 2.05 bits per heavy atom. The van der Waals surface area contributed by atoms with Crippen LogP contribution in [0.1, 0.15) is 12.5 Å². The Morgan fingerprint density at radius 1 is 1.30 bits per heavy atom. The topological polar surface area (TPSA) is 27.7 Å².